The Hall–Kier alpha value is -1.34. The molecule has 108 valence electrons. The number of hydrogen-bond donors (Lipinski definition) is 1. The molecule has 2 aromatic rings. The van der Waals surface area contributed by atoms with E-state index in [-0.39, 0.29) is 0 Å². The molecule has 0 amide bonds. The third kappa shape index (κ3) is 5.17. The van der Waals surface area contributed by atoms with Gasteiger partial charge in [-0.25, -0.2) is 0 Å². The van der Waals surface area contributed by atoms with Gasteiger partial charge in [-0.1, -0.05) is 54.2 Å². The number of hydrogen-bond acceptors (Lipinski definition) is 3. The van der Waals surface area contributed by atoms with Crippen molar-refractivity contribution in [2.75, 3.05) is 0 Å². The lowest BCUT2D eigenvalue weighted by Gasteiger charge is -2.01. The highest BCUT2D eigenvalue weighted by molar-refractivity contribution is 14.1. The molecule has 0 aromatic heterocycles. The molecule has 5 heteroatoms. The second-order valence-corrected chi connectivity index (χ2v) is 6.57. The largest absolute Gasteiger partial charge is 0.377 e. The lowest BCUT2D eigenvalue weighted by molar-refractivity contribution is 1.24. The third-order valence-electron chi connectivity index (χ3n) is 2.89. The summed E-state index contributed by atoms with van der Waals surface area (Å²) in [6, 6.07) is 16.3. The summed E-state index contributed by atoms with van der Waals surface area (Å²) in [5.74, 6) is 0.800. The van der Waals surface area contributed by atoms with Gasteiger partial charge < -0.3 is 5.73 Å². The number of benzene rings is 2. The molecule has 0 spiro atoms. The van der Waals surface area contributed by atoms with E-state index in [2.05, 4.69) is 57.9 Å². The normalized spacial score (nSPS) is 12.0. The van der Waals surface area contributed by atoms with Gasteiger partial charge in [0.25, 0.3) is 0 Å². The Morgan fingerprint density at radius 1 is 1.19 bits per heavy atom. The molecule has 2 rings (SSSR count). The number of thioether (sulfide) groups is 1. The van der Waals surface area contributed by atoms with Crippen molar-refractivity contribution in [3.05, 3.63) is 68.8 Å². The van der Waals surface area contributed by atoms with Gasteiger partial charge in [-0.3, -0.25) is 0 Å². The van der Waals surface area contributed by atoms with Crippen LogP contribution in [0.15, 0.2) is 58.7 Å². The molecule has 0 unspecified atom stereocenters. The Kier molecular flexibility index (Phi) is 6.25. The minimum absolute atomic E-state index is 0.471. The zero-order valence-corrected chi connectivity index (χ0v) is 14.6. The van der Waals surface area contributed by atoms with Gasteiger partial charge in [0.15, 0.2) is 5.17 Å². The Morgan fingerprint density at radius 2 is 1.95 bits per heavy atom. The van der Waals surface area contributed by atoms with Gasteiger partial charge in [0.2, 0.25) is 0 Å². The molecule has 21 heavy (non-hydrogen) atoms. The molecule has 0 aliphatic carbocycles. The molecule has 0 atom stereocenters. The molecule has 0 bridgehead atoms. The molecule has 0 saturated heterocycles. The van der Waals surface area contributed by atoms with E-state index < -0.39 is 0 Å². The van der Waals surface area contributed by atoms with E-state index in [1.54, 1.807) is 6.21 Å². The Labute approximate surface area is 142 Å². The third-order valence-corrected chi connectivity index (χ3v) is 4.92. The summed E-state index contributed by atoms with van der Waals surface area (Å²) in [5.41, 5.74) is 9.33. The molecule has 0 aliphatic rings. The Balaban J connectivity index is 1.94. The fraction of sp³-hybridized carbons (Fsp3) is 0.125. The number of amidine groups is 1. The first-order valence-corrected chi connectivity index (χ1v) is 8.51. The van der Waals surface area contributed by atoms with Crippen LogP contribution in [0.4, 0.5) is 0 Å². The average Bonchev–Trinajstić information content (AvgIpc) is 2.50. The fourth-order valence-corrected chi connectivity index (χ4v) is 2.80. The number of nitrogens with zero attached hydrogens (tertiary/aromatic N) is 2. The second-order valence-electron chi connectivity index (χ2n) is 4.41. The second kappa shape index (κ2) is 8.19. The van der Waals surface area contributed by atoms with Crippen molar-refractivity contribution in [1.82, 2.24) is 0 Å². The predicted octanol–water partition coefficient (Wildman–Crippen LogP) is 4.18. The molecule has 2 aromatic carbocycles. The molecule has 0 heterocycles. The maximum Gasteiger partial charge on any atom is 0.180 e. The lowest BCUT2D eigenvalue weighted by atomic mass is 10.1. The monoisotopic (exact) mass is 409 g/mol. The SMILES string of the molecule is Cc1c(I)cccc1C=NN=C(N)SCc1ccccc1. The van der Waals surface area contributed by atoms with Crippen LogP contribution in [0.3, 0.4) is 0 Å². The maximum atomic E-state index is 5.85. The zero-order valence-electron chi connectivity index (χ0n) is 11.7. The highest BCUT2D eigenvalue weighted by atomic mass is 127. The van der Waals surface area contributed by atoms with E-state index in [0.29, 0.717) is 5.17 Å². The van der Waals surface area contributed by atoms with E-state index in [1.165, 1.54) is 26.5 Å². The van der Waals surface area contributed by atoms with Gasteiger partial charge in [-0.2, -0.15) is 5.10 Å². The summed E-state index contributed by atoms with van der Waals surface area (Å²) in [4.78, 5) is 0. The minimum Gasteiger partial charge on any atom is -0.377 e. The maximum absolute atomic E-state index is 5.85. The topological polar surface area (TPSA) is 50.7 Å². The summed E-state index contributed by atoms with van der Waals surface area (Å²) in [7, 11) is 0. The standard InChI is InChI=1S/C16H16IN3S/c1-12-14(8-5-9-15(12)17)10-19-20-16(18)21-11-13-6-3-2-4-7-13/h2-10H,11H2,1H3,(H2,18,20). The smallest absolute Gasteiger partial charge is 0.180 e. The first kappa shape index (κ1) is 16.0. The van der Waals surface area contributed by atoms with Crippen molar-refractivity contribution < 1.29 is 0 Å². The highest BCUT2D eigenvalue weighted by Gasteiger charge is 1.99. The van der Waals surface area contributed by atoms with Crippen LogP contribution in [0, 0.1) is 10.5 Å². The Bertz CT molecular complexity index is 654. The van der Waals surface area contributed by atoms with Gasteiger partial charge in [0.05, 0.1) is 6.21 Å². The minimum atomic E-state index is 0.471. The van der Waals surface area contributed by atoms with Gasteiger partial charge in [0, 0.05) is 9.32 Å². The van der Waals surface area contributed by atoms with Crippen LogP contribution in [0.1, 0.15) is 16.7 Å². The van der Waals surface area contributed by atoms with Crippen LogP contribution in [0.25, 0.3) is 0 Å². The zero-order chi connectivity index (χ0) is 15.1. The molecule has 3 nitrogen and oxygen atoms in total. The van der Waals surface area contributed by atoms with Gasteiger partial charge in [-0.15, -0.1) is 5.10 Å². The van der Waals surface area contributed by atoms with Crippen molar-refractivity contribution in [3.63, 3.8) is 0 Å². The molecular formula is C16H16IN3S. The number of nitrogens with two attached hydrogens (primary N) is 1. The van der Waals surface area contributed by atoms with E-state index >= 15 is 0 Å². The van der Waals surface area contributed by atoms with E-state index in [9.17, 15) is 0 Å². The van der Waals surface area contributed by atoms with Gasteiger partial charge in [-0.05, 0) is 52.3 Å². The summed E-state index contributed by atoms with van der Waals surface area (Å²) in [6.07, 6.45) is 1.74. The van der Waals surface area contributed by atoms with Crippen LogP contribution < -0.4 is 5.73 Å². The first-order valence-electron chi connectivity index (χ1n) is 6.45. The van der Waals surface area contributed by atoms with Crippen LogP contribution in [0.5, 0.6) is 0 Å². The molecule has 0 aliphatic heterocycles. The summed E-state index contributed by atoms with van der Waals surface area (Å²) in [6.45, 7) is 2.07. The van der Waals surface area contributed by atoms with Gasteiger partial charge in [0.1, 0.15) is 0 Å². The van der Waals surface area contributed by atoms with Crippen molar-refractivity contribution in [3.8, 4) is 0 Å². The lowest BCUT2D eigenvalue weighted by Crippen LogP contribution is -2.06. The molecule has 0 radical (unpaired) electrons. The van der Waals surface area contributed by atoms with Crippen LogP contribution >= 0.6 is 34.4 Å². The van der Waals surface area contributed by atoms with Crippen molar-refractivity contribution in [2.45, 2.75) is 12.7 Å². The first-order chi connectivity index (χ1) is 10.2. The van der Waals surface area contributed by atoms with E-state index in [4.69, 9.17) is 5.73 Å². The molecular weight excluding hydrogens is 393 g/mol. The Morgan fingerprint density at radius 3 is 2.71 bits per heavy atom. The summed E-state index contributed by atoms with van der Waals surface area (Å²) < 4.78 is 1.21. The van der Waals surface area contributed by atoms with E-state index in [0.717, 1.165) is 11.3 Å². The van der Waals surface area contributed by atoms with Crippen LogP contribution in [-0.4, -0.2) is 11.4 Å². The molecule has 2 N–H and O–H groups in total. The highest BCUT2D eigenvalue weighted by Crippen LogP contribution is 2.14. The van der Waals surface area contributed by atoms with Crippen molar-refractivity contribution in [2.24, 2.45) is 15.9 Å². The summed E-state index contributed by atoms with van der Waals surface area (Å²) >= 11 is 3.79. The number of halogens is 1. The van der Waals surface area contributed by atoms with Crippen LogP contribution in [-0.2, 0) is 5.75 Å². The fourth-order valence-electron chi connectivity index (χ4n) is 1.67. The predicted molar refractivity (Wildman–Crippen MR) is 101 cm³/mol. The van der Waals surface area contributed by atoms with Crippen LogP contribution in [0.2, 0.25) is 0 Å². The number of rotatable bonds is 4. The quantitative estimate of drug-likeness (QED) is 0.357. The van der Waals surface area contributed by atoms with Crippen molar-refractivity contribution in [1.29, 1.82) is 0 Å². The van der Waals surface area contributed by atoms with Gasteiger partial charge >= 0.3 is 0 Å². The molecule has 0 fully saturated rings. The summed E-state index contributed by atoms with van der Waals surface area (Å²) in [5, 5.41) is 8.57. The molecule has 0 saturated carbocycles. The van der Waals surface area contributed by atoms with Crippen molar-refractivity contribution >= 4 is 45.7 Å². The average molecular weight is 409 g/mol. The van der Waals surface area contributed by atoms with E-state index in [1.807, 2.05) is 30.3 Å².